The molecule has 2 amide bonds. The molecule has 0 aliphatic rings. The number of rotatable bonds is 7. The summed E-state index contributed by atoms with van der Waals surface area (Å²) in [4.78, 5) is 31.8. The predicted octanol–water partition coefficient (Wildman–Crippen LogP) is 3.48. The molecule has 0 aliphatic heterocycles. The fourth-order valence-corrected chi connectivity index (χ4v) is 2.59. The normalized spacial score (nSPS) is 10.3. The first-order chi connectivity index (χ1) is 14.0. The van der Waals surface area contributed by atoms with Crippen molar-refractivity contribution in [3.63, 3.8) is 0 Å². The first-order valence-corrected chi connectivity index (χ1v) is 8.99. The lowest BCUT2D eigenvalue weighted by Gasteiger charge is -2.08. The number of aromatic nitrogens is 2. The molecule has 29 heavy (non-hydrogen) atoms. The highest BCUT2D eigenvalue weighted by Gasteiger charge is 2.08. The van der Waals surface area contributed by atoms with Crippen molar-refractivity contribution in [2.75, 3.05) is 22.5 Å². The Morgan fingerprint density at radius 1 is 0.966 bits per heavy atom. The summed E-state index contributed by atoms with van der Waals surface area (Å²) in [5.74, 6) is -0.413. The number of amides is 2. The molecule has 1 aromatic heterocycles. The van der Waals surface area contributed by atoms with Gasteiger partial charge in [-0.05, 0) is 42.3 Å². The van der Waals surface area contributed by atoms with E-state index < -0.39 is 0 Å². The highest BCUT2D eigenvalue weighted by molar-refractivity contribution is 6.04. The molecule has 148 valence electrons. The standard InChI is InChI=1S/C21H20FN5O2/c1-14(28)26-18-3-2-4-19(11-18)27-20(29)16-12-24-21(25-13-16)23-10-9-15-5-7-17(22)8-6-15/h2-8,11-13H,9-10H2,1H3,(H,26,28)(H,27,29)(H,23,24,25). The Morgan fingerprint density at radius 3 is 2.28 bits per heavy atom. The summed E-state index contributed by atoms with van der Waals surface area (Å²) in [6, 6.07) is 13.1. The number of hydrogen-bond donors (Lipinski definition) is 3. The maximum Gasteiger partial charge on any atom is 0.258 e. The minimum absolute atomic E-state index is 0.190. The van der Waals surface area contributed by atoms with Gasteiger partial charge in [-0.1, -0.05) is 18.2 Å². The molecule has 0 fully saturated rings. The molecule has 7 nitrogen and oxygen atoms in total. The van der Waals surface area contributed by atoms with Crippen LogP contribution in [0.4, 0.5) is 21.7 Å². The number of benzene rings is 2. The average Bonchev–Trinajstić information content (AvgIpc) is 2.70. The molecule has 2 aromatic carbocycles. The lowest BCUT2D eigenvalue weighted by Crippen LogP contribution is -2.14. The van der Waals surface area contributed by atoms with Gasteiger partial charge >= 0.3 is 0 Å². The number of hydrogen-bond acceptors (Lipinski definition) is 5. The molecule has 3 N–H and O–H groups in total. The first-order valence-electron chi connectivity index (χ1n) is 8.99. The summed E-state index contributed by atoms with van der Waals surface area (Å²) in [6.07, 6.45) is 3.55. The van der Waals surface area contributed by atoms with Crippen LogP contribution in [0.1, 0.15) is 22.8 Å². The van der Waals surface area contributed by atoms with Crippen LogP contribution in [0.2, 0.25) is 0 Å². The van der Waals surface area contributed by atoms with Gasteiger partial charge < -0.3 is 16.0 Å². The molecule has 0 spiro atoms. The highest BCUT2D eigenvalue weighted by Crippen LogP contribution is 2.16. The molecule has 3 aromatic rings. The van der Waals surface area contributed by atoms with Gasteiger partial charge in [-0.3, -0.25) is 9.59 Å². The Hall–Kier alpha value is -3.81. The van der Waals surface area contributed by atoms with Crippen LogP contribution in [0.3, 0.4) is 0 Å². The van der Waals surface area contributed by atoms with Crippen LogP contribution in [-0.4, -0.2) is 28.3 Å². The van der Waals surface area contributed by atoms with Crippen molar-refractivity contribution in [3.8, 4) is 0 Å². The van der Waals surface area contributed by atoms with E-state index in [1.54, 1.807) is 36.4 Å². The Bertz CT molecular complexity index is 991. The third-order valence-electron chi connectivity index (χ3n) is 3.96. The van der Waals surface area contributed by atoms with Gasteiger partial charge in [0.25, 0.3) is 5.91 Å². The maximum absolute atomic E-state index is 12.9. The Kier molecular flexibility index (Phi) is 6.47. The van der Waals surface area contributed by atoms with Crippen LogP contribution in [0.25, 0.3) is 0 Å². The van der Waals surface area contributed by atoms with Gasteiger partial charge in [0, 0.05) is 37.2 Å². The van der Waals surface area contributed by atoms with E-state index in [9.17, 15) is 14.0 Å². The molecular weight excluding hydrogens is 373 g/mol. The van der Waals surface area contributed by atoms with E-state index in [-0.39, 0.29) is 17.6 Å². The zero-order chi connectivity index (χ0) is 20.6. The van der Waals surface area contributed by atoms with Gasteiger partial charge in [0.05, 0.1) is 5.56 Å². The number of halogens is 1. The summed E-state index contributed by atoms with van der Waals surface area (Å²) < 4.78 is 12.9. The van der Waals surface area contributed by atoms with E-state index >= 15 is 0 Å². The van der Waals surface area contributed by atoms with Gasteiger partial charge in [-0.25, -0.2) is 14.4 Å². The summed E-state index contributed by atoms with van der Waals surface area (Å²) in [6.45, 7) is 1.99. The average molecular weight is 393 g/mol. The smallest absolute Gasteiger partial charge is 0.258 e. The van der Waals surface area contributed by atoms with Crippen molar-refractivity contribution in [3.05, 3.63) is 77.9 Å². The van der Waals surface area contributed by atoms with E-state index in [0.717, 1.165) is 5.56 Å². The maximum atomic E-state index is 12.9. The summed E-state index contributed by atoms with van der Waals surface area (Å²) in [5, 5.41) is 8.46. The van der Waals surface area contributed by atoms with Crippen LogP contribution >= 0.6 is 0 Å². The number of nitrogens with one attached hydrogen (secondary N) is 3. The molecule has 3 rings (SSSR count). The van der Waals surface area contributed by atoms with Crippen LogP contribution in [0.5, 0.6) is 0 Å². The van der Waals surface area contributed by atoms with Crippen LogP contribution in [0.15, 0.2) is 60.9 Å². The van der Waals surface area contributed by atoms with Gasteiger partial charge in [0.2, 0.25) is 11.9 Å². The highest BCUT2D eigenvalue weighted by atomic mass is 19.1. The molecule has 0 aliphatic carbocycles. The van der Waals surface area contributed by atoms with Crippen LogP contribution < -0.4 is 16.0 Å². The largest absolute Gasteiger partial charge is 0.354 e. The summed E-state index contributed by atoms with van der Waals surface area (Å²) in [5.41, 5.74) is 2.44. The second kappa shape index (κ2) is 9.41. The summed E-state index contributed by atoms with van der Waals surface area (Å²) >= 11 is 0. The van der Waals surface area contributed by atoms with Crippen LogP contribution in [0, 0.1) is 5.82 Å². The third kappa shape index (κ3) is 6.10. The van der Waals surface area contributed by atoms with E-state index in [1.165, 1.54) is 31.5 Å². The molecular formula is C21H20FN5O2. The van der Waals surface area contributed by atoms with Crippen molar-refractivity contribution < 1.29 is 14.0 Å². The minimum atomic E-state index is -0.358. The second-order valence-corrected chi connectivity index (χ2v) is 6.31. The van der Waals surface area contributed by atoms with Crippen molar-refractivity contribution in [1.29, 1.82) is 0 Å². The third-order valence-corrected chi connectivity index (χ3v) is 3.96. The van der Waals surface area contributed by atoms with E-state index in [0.29, 0.717) is 35.9 Å². The lowest BCUT2D eigenvalue weighted by atomic mass is 10.1. The molecule has 0 unspecified atom stereocenters. The fourth-order valence-electron chi connectivity index (χ4n) is 2.59. The van der Waals surface area contributed by atoms with Gasteiger partial charge in [-0.2, -0.15) is 0 Å². The molecule has 8 heteroatoms. The van der Waals surface area contributed by atoms with Crippen LogP contribution in [-0.2, 0) is 11.2 Å². The van der Waals surface area contributed by atoms with E-state index in [2.05, 4.69) is 25.9 Å². The SMILES string of the molecule is CC(=O)Nc1cccc(NC(=O)c2cnc(NCCc3ccc(F)cc3)nc2)c1. The number of carbonyl (C=O) groups excluding carboxylic acids is 2. The molecule has 0 atom stereocenters. The van der Waals surface area contributed by atoms with Crippen molar-refractivity contribution in [1.82, 2.24) is 9.97 Å². The lowest BCUT2D eigenvalue weighted by molar-refractivity contribution is -0.114. The number of carbonyl (C=O) groups is 2. The van der Waals surface area contributed by atoms with Crippen molar-refractivity contribution >= 4 is 29.1 Å². The second-order valence-electron chi connectivity index (χ2n) is 6.31. The monoisotopic (exact) mass is 393 g/mol. The molecule has 1 heterocycles. The topological polar surface area (TPSA) is 96.0 Å². The first kappa shape index (κ1) is 19.9. The quantitative estimate of drug-likeness (QED) is 0.571. The van der Waals surface area contributed by atoms with Gasteiger partial charge in [0.15, 0.2) is 0 Å². The zero-order valence-corrected chi connectivity index (χ0v) is 15.8. The van der Waals surface area contributed by atoms with Crippen molar-refractivity contribution in [2.45, 2.75) is 13.3 Å². The molecule has 0 saturated carbocycles. The zero-order valence-electron chi connectivity index (χ0n) is 15.8. The van der Waals surface area contributed by atoms with Gasteiger partial charge in [-0.15, -0.1) is 0 Å². The van der Waals surface area contributed by atoms with E-state index in [4.69, 9.17) is 0 Å². The summed E-state index contributed by atoms with van der Waals surface area (Å²) in [7, 11) is 0. The molecule has 0 saturated heterocycles. The Balaban J connectivity index is 1.53. The van der Waals surface area contributed by atoms with Crippen molar-refractivity contribution in [2.24, 2.45) is 0 Å². The Morgan fingerprint density at radius 2 is 1.62 bits per heavy atom. The fraction of sp³-hybridized carbons (Fsp3) is 0.143. The molecule has 0 radical (unpaired) electrons. The molecule has 0 bridgehead atoms. The van der Waals surface area contributed by atoms with E-state index in [1.807, 2.05) is 0 Å². The number of anilines is 3. The van der Waals surface area contributed by atoms with Gasteiger partial charge in [0.1, 0.15) is 5.82 Å². The Labute approximate surface area is 167 Å². The minimum Gasteiger partial charge on any atom is -0.354 e. The number of nitrogens with zero attached hydrogens (tertiary/aromatic N) is 2. The predicted molar refractivity (Wildman–Crippen MR) is 109 cm³/mol.